The summed E-state index contributed by atoms with van der Waals surface area (Å²) in [5.74, 6) is 0.907. The Labute approximate surface area is 114 Å². The van der Waals surface area contributed by atoms with Gasteiger partial charge in [0.25, 0.3) is 0 Å². The number of carboxylic acid groups (broad SMARTS) is 1. The van der Waals surface area contributed by atoms with Crippen LogP contribution in [0.1, 0.15) is 17.4 Å². The molecule has 0 saturated carbocycles. The number of carbonyl (C=O) groups is 1. The fraction of sp³-hybridized carbons (Fsp3) is 0.214. The predicted molar refractivity (Wildman–Crippen MR) is 68.5 cm³/mol. The van der Waals surface area contributed by atoms with E-state index < -0.39 is 12.0 Å². The van der Waals surface area contributed by atoms with Crippen molar-refractivity contribution in [2.24, 2.45) is 0 Å². The van der Waals surface area contributed by atoms with Crippen molar-refractivity contribution in [3.8, 4) is 11.5 Å². The summed E-state index contributed by atoms with van der Waals surface area (Å²) in [6.45, 7) is 0.495. The van der Waals surface area contributed by atoms with Crippen molar-refractivity contribution in [1.29, 1.82) is 0 Å². The van der Waals surface area contributed by atoms with E-state index in [1.54, 1.807) is 36.6 Å². The molecule has 1 aromatic carbocycles. The van der Waals surface area contributed by atoms with Crippen LogP contribution >= 0.6 is 0 Å². The minimum atomic E-state index is -0.963. The van der Waals surface area contributed by atoms with Crippen molar-refractivity contribution in [3.63, 3.8) is 0 Å². The topological polar surface area (TPSA) is 80.9 Å². The average molecular weight is 275 g/mol. The third-order valence-corrected chi connectivity index (χ3v) is 3.04. The third kappa shape index (κ3) is 2.46. The smallest absolute Gasteiger partial charge is 0.325 e. The lowest BCUT2D eigenvalue weighted by atomic mass is 10.1. The number of furan rings is 1. The van der Waals surface area contributed by atoms with Crippen LogP contribution < -0.4 is 14.8 Å². The summed E-state index contributed by atoms with van der Waals surface area (Å²) in [6, 6.07) is 7.80. The standard InChI is InChI=1S/C14H13NO5/c16-14(17)13(15-7-10-2-1-5-18-10)9-3-4-11-12(6-9)20-8-19-11/h1-6,13,15H,7-8H2,(H,16,17). The molecule has 1 aromatic heterocycles. The van der Waals surface area contributed by atoms with Crippen LogP contribution in [0.4, 0.5) is 0 Å². The highest BCUT2D eigenvalue weighted by molar-refractivity contribution is 5.76. The van der Waals surface area contributed by atoms with E-state index in [1.807, 2.05) is 0 Å². The van der Waals surface area contributed by atoms with E-state index in [1.165, 1.54) is 0 Å². The van der Waals surface area contributed by atoms with Gasteiger partial charge in [0, 0.05) is 0 Å². The van der Waals surface area contributed by atoms with Gasteiger partial charge in [-0.25, -0.2) is 0 Å². The van der Waals surface area contributed by atoms with Crippen LogP contribution in [-0.4, -0.2) is 17.9 Å². The Bertz CT molecular complexity index is 608. The summed E-state index contributed by atoms with van der Waals surface area (Å²) in [4.78, 5) is 11.4. The van der Waals surface area contributed by atoms with Crippen LogP contribution in [0.15, 0.2) is 41.0 Å². The number of ether oxygens (including phenoxy) is 2. The molecule has 1 aliphatic rings. The first-order chi connectivity index (χ1) is 9.74. The van der Waals surface area contributed by atoms with E-state index in [9.17, 15) is 9.90 Å². The Kier molecular flexibility index (Phi) is 3.30. The molecule has 3 rings (SSSR count). The number of nitrogens with one attached hydrogen (secondary N) is 1. The normalized spacial score (nSPS) is 14.2. The quantitative estimate of drug-likeness (QED) is 0.867. The van der Waals surface area contributed by atoms with E-state index in [0.717, 1.165) is 0 Å². The molecule has 2 N–H and O–H groups in total. The number of fused-ring (bicyclic) bond motifs is 1. The van der Waals surface area contributed by atoms with Gasteiger partial charge in [0.15, 0.2) is 11.5 Å². The molecule has 0 aliphatic carbocycles. The molecule has 2 heterocycles. The van der Waals surface area contributed by atoms with Gasteiger partial charge in [-0.1, -0.05) is 6.07 Å². The van der Waals surface area contributed by atoms with Crippen LogP contribution in [0, 0.1) is 0 Å². The van der Waals surface area contributed by atoms with Crippen LogP contribution in [0.5, 0.6) is 11.5 Å². The number of carboxylic acids is 1. The molecule has 2 aromatic rings. The molecule has 0 radical (unpaired) electrons. The first kappa shape index (κ1) is 12.6. The van der Waals surface area contributed by atoms with Gasteiger partial charge in [-0.2, -0.15) is 0 Å². The molecule has 1 unspecified atom stereocenters. The summed E-state index contributed by atoms with van der Waals surface area (Å²) < 4.78 is 15.6. The summed E-state index contributed by atoms with van der Waals surface area (Å²) in [5, 5.41) is 12.3. The van der Waals surface area contributed by atoms with E-state index in [0.29, 0.717) is 29.4 Å². The lowest BCUT2D eigenvalue weighted by Gasteiger charge is -2.14. The second kappa shape index (κ2) is 5.26. The summed E-state index contributed by atoms with van der Waals surface area (Å²) in [5.41, 5.74) is 0.605. The van der Waals surface area contributed by atoms with E-state index in [2.05, 4.69) is 5.32 Å². The maximum atomic E-state index is 11.4. The van der Waals surface area contributed by atoms with Crippen molar-refractivity contribution >= 4 is 5.97 Å². The van der Waals surface area contributed by atoms with Gasteiger partial charge >= 0.3 is 5.97 Å². The largest absolute Gasteiger partial charge is 0.480 e. The van der Waals surface area contributed by atoms with E-state index >= 15 is 0 Å². The van der Waals surface area contributed by atoms with Gasteiger partial charge in [0.1, 0.15) is 11.8 Å². The number of hydrogen-bond donors (Lipinski definition) is 2. The van der Waals surface area contributed by atoms with E-state index in [-0.39, 0.29) is 6.79 Å². The molecule has 0 fully saturated rings. The zero-order valence-electron chi connectivity index (χ0n) is 10.5. The van der Waals surface area contributed by atoms with Gasteiger partial charge in [-0.3, -0.25) is 10.1 Å². The monoisotopic (exact) mass is 275 g/mol. The Hall–Kier alpha value is -2.47. The summed E-state index contributed by atoms with van der Waals surface area (Å²) in [6.07, 6.45) is 1.55. The molecule has 1 atom stereocenters. The molecule has 6 nitrogen and oxygen atoms in total. The average Bonchev–Trinajstić information content (AvgIpc) is 3.08. The SMILES string of the molecule is O=C(O)C(NCc1ccco1)c1ccc2c(c1)OCO2. The highest BCUT2D eigenvalue weighted by Gasteiger charge is 2.23. The molecule has 104 valence electrons. The maximum Gasteiger partial charge on any atom is 0.325 e. The predicted octanol–water partition coefficient (Wildman–Crippen LogP) is 1.92. The lowest BCUT2D eigenvalue weighted by Crippen LogP contribution is -2.27. The van der Waals surface area contributed by atoms with Crippen molar-refractivity contribution in [2.45, 2.75) is 12.6 Å². The molecule has 0 bridgehead atoms. The van der Waals surface area contributed by atoms with Crippen LogP contribution in [0.3, 0.4) is 0 Å². The molecular weight excluding hydrogens is 262 g/mol. The van der Waals surface area contributed by atoms with Crippen LogP contribution in [-0.2, 0) is 11.3 Å². The van der Waals surface area contributed by atoms with Crippen LogP contribution in [0.25, 0.3) is 0 Å². The molecule has 6 heteroatoms. The minimum Gasteiger partial charge on any atom is -0.480 e. The molecule has 20 heavy (non-hydrogen) atoms. The fourth-order valence-corrected chi connectivity index (χ4v) is 2.06. The molecule has 0 saturated heterocycles. The van der Waals surface area contributed by atoms with Gasteiger partial charge in [-0.15, -0.1) is 0 Å². The zero-order valence-corrected chi connectivity index (χ0v) is 10.5. The van der Waals surface area contributed by atoms with Crippen molar-refractivity contribution < 1.29 is 23.8 Å². The third-order valence-electron chi connectivity index (χ3n) is 3.04. The molecule has 1 aliphatic heterocycles. The highest BCUT2D eigenvalue weighted by atomic mass is 16.7. The number of rotatable bonds is 5. The van der Waals surface area contributed by atoms with Crippen molar-refractivity contribution in [1.82, 2.24) is 5.32 Å². The Morgan fingerprint density at radius 2 is 2.15 bits per heavy atom. The second-order valence-electron chi connectivity index (χ2n) is 4.34. The fourth-order valence-electron chi connectivity index (χ4n) is 2.06. The maximum absolute atomic E-state index is 11.4. The molecule has 0 amide bonds. The van der Waals surface area contributed by atoms with Gasteiger partial charge in [0.2, 0.25) is 6.79 Å². The highest BCUT2D eigenvalue weighted by Crippen LogP contribution is 2.34. The van der Waals surface area contributed by atoms with Crippen molar-refractivity contribution in [3.05, 3.63) is 47.9 Å². The minimum absolute atomic E-state index is 0.163. The van der Waals surface area contributed by atoms with Gasteiger partial charge in [0.05, 0.1) is 12.8 Å². The van der Waals surface area contributed by atoms with E-state index in [4.69, 9.17) is 13.9 Å². The first-order valence-corrected chi connectivity index (χ1v) is 6.12. The molecular formula is C14H13NO5. The second-order valence-corrected chi connectivity index (χ2v) is 4.34. The lowest BCUT2D eigenvalue weighted by molar-refractivity contribution is -0.139. The zero-order chi connectivity index (χ0) is 13.9. The Morgan fingerprint density at radius 1 is 1.30 bits per heavy atom. The number of benzene rings is 1. The summed E-state index contributed by atoms with van der Waals surface area (Å²) >= 11 is 0. The molecule has 0 spiro atoms. The van der Waals surface area contributed by atoms with Crippen molar-refractivity contribution in [2.75, 3.05) is 6.79 Å². The summed E-state index contributed by atoms with van der Waals surface area (Å²) in [7, 11) is 0. The van der Waals surface area contributed by atoms with Crippen LogP contribution in [0.2, 0.25) is 0 Å². The van der Waals surface area contributed by atoms with Gasteiger partial charge in [-0.05, 0) is 29.8 Å². The number of aliphatic carboxylic acids is 1. The number of hydrogen-bond acceptors (Lipinski definition) is 5. The Morgan fingerprint density at radius 3 is 2.90 bits per heavy atom. The van der Waals surface area contributed by atoms with Gasteiger partial charge < -0.3 is 19.0 Å². The first-order valence-electron chi connectivity index (χ1n) is 6.12. The Balaban J connectivity index is 1.78.